The predicted molar refractivity (Wildman–Crippen MR) is 126 cm³/mol. The molecular weight excluding hydrogens is 364 g/mol. The first-order valence-electron chi connectivity index (χ1n) is 10.3. The van der Waals surface area contributed by atoms with Gasteiger partial charge in [0.2, 0.25) is 0 Å². The normalized spacial score (nSPS) is 11.5. The van der Waals surface area contributed by atoms with E-state index in [1.807, 2.05) is 0 Å². The van der Waals surface area contributed by atoms with Crippen LogP contribution in [0.2, 0.25) is 0 Å². The first kappa shape index (κ1) is 17.0. The topological polar surface area (TPSA) is 17.3 Å². The van der Waals surface area contributed by atoms with E-state index in [9.17, 15) is 0 Å². The van der Waals surface area contributed by atoms with E-state index in [-0.39, 0.29) is 0 Å². The van der Waals surface area contributed by atoms with Gasteiger partial charge in [-0.1, -0.05) is 84.9 Å². The van der Waals surface area contributed by atoms with Crippen LogP contribution in [0.15, 0.2) is 103 Å². The van der Waals surface area contributed by atoms with E-state index in [2.05, 4.69) is 114 Å². The molecule has 0 unspecified atom stereocenters. The molecule has 142 valence electrons. The Bertz CT molecular complexity index is 1530. The molecule has 0 aliphatic rings. The molecule has 30 heavy (non-hydrogen) atoms. The standard InChI is InChI=1S/C28H20N2/c1-19-16-17-22-25(18-19)30-24-15-9-8-14-23(24)29-28(30)27(21-12-6-3-7-13-21)26(22)20-10-4-2-5-11-20/h2-18H,1H3. The summed E-state index contributed by atoms with van der Waals surface area (Å²) in [5, 5.41) is 1.24. The van der Waals surface area contributed by atoms with Gasteiger partial charge in [0, 0.05) is 16.5 Å². The SMILES string of the molecule is Cc1ccc2c(-c3ccccc3)c(-c3ccccc3)c3nc4ccccc4n3c2c1. The molecule has 0 radical (unpaired) electrons. The Morgan fingerprint density at radius 1 is 0.600 bits per heavy atom. The molecule has 0 atom stereocenters. The number of para-hydroxylation sites is 2. The van der Waals surface area contributed by atoms with Crippen molar-refractivity contribution in [2.45, 2.75) is 6.92 Å². The molecular formula is C28H20N2. The zero-order valence-electron chi connectivity index (χ0n) is 16.7. The summed E-state index contributed by atoms with van der Waals surface area (Å²) in [4.78, 5) is 5.12. The quantitative estimate of drug-likeness (QED) is 0.306. The summed E-state index contributed by atoms with van der Waals surface area (Å²) >= 11 is 0. The molecule has 0 N–H and O–H groups in total. The zero-order chi connectivity index (χ0) is 20.1. The molecule has 0 fully saturated rings. The van der Waals surface area contributed by atoms with Gasteiger partial charge in [-0.3, -0.25) is 4.40 Å². The van der Waals surface area contributed by atoms with Crippen LogP contribution < -0.4 is 0 Å². The monoisotopic (exact) mass is 384 g/mol. The van der Waals surface area contributed by atoms with Gasteiger partial charge < -0.3 is 0 Å². The predicted octanol–water partition coefficient (Wildman–Crippen LogP) is 7.28. The lowest BCUT2D eigenvalue weighted by molar-refractivity contribution is 1.29. The first-order chi connectivity index (χ1) is 14.8. The molecule has 6 rings (SSSR count). The molecule has 0 aliphatic heterocycles. The van der Waals surface area contributed by atoms with Crippen LogP contribution in [-0.2, 0) is 0 Å². The van der Waals surface area contributed by atoms with Crippen molar-refractivity contribution in [1.29, 1.82) is 0 Å². The van der Waals surface area contributed by atoms with Gasteiger partial charge >= 0.3 is 0 Å². The largest absolute Gasteiger partial charge is 0.292 e. The van der Waals surface area contributed by atoms with Crippen molar-refractivity contribution in [1.82, 2.24) is 9.38 Å². The lowest BCUT2D eigenvalue weighted by Gasteiger charge is -2.17. The Kier molecular flexibility index (Phi) is 3.72. The van der Waals surface area contributed by atoms with Crippen LogP contribution in [0.25, 0.3) is 49.8 Å². The minimum Gasteiger partial charge on any atom is -0.292 e. The van der Waals surface area contributed by atoms with Crippen molar-refractivity contribution in [3.8, 4) is 22.3 Å². The molecule has 2 nitrogen and oxygen atoms in total. The van der Waals surface area contributed by atoms with Crippen LogP contribution in [0.5, 0.6) is 0 Å². The molecule has 2 aromatic heterocycles. The second kappa shape index (κ2) is 6.57. The lowest BCUT2D eigenvalue weighted by atomic mass is 9.91. The van der Waals surface area contributed by atoms with E-state index >= 15 is 0 Å². The van der Waals surface area contributed by atoms with E-state index in [1.165, 1.54) is 38.7 Å². The number of hydrogen-bond acceptors (Lipinski definition) is 1. The molecule has 0 spiro atoms. The minimum atomic E-state index is 0.999. The Labute approximate surface area is 175 Å². The first-order valence-corrected chi connectivity index (χ1v) is 10.3. The molecule has 0 bridgehead atoms. The van der Waals surface area contributed by atoms with Crippen LogP contribution in [0, 0.1) is 6.92 Å². The highest BCUT2D eigenvalue weighted by atomic mass is 15.0. The number of imidazole rings is 1. The summed E-state index contributed by atoms with van der Waals surface area (Å²) in [5.74, 6) is 0. The maximum absolute atomic E-state index is 5.12. The molecule has 0 amide bonds. The summed E-state index contributed by atoms with van der Waals surface area (Å²) in [6, 6.07) is 36.4. The van der Waals surface area contributed by atoms with E-state index in [0.29, 0.717) is 0 Å². The van der Waals surface area contributed by atoms with Crippen molar-refractivity contribution in [3.63, 3.8) is 0 Å². The average molecular weight is 384 g/mol. The minimum absolute atomic E-state index is 0.999. The summed E-state index contributed by atoms with van der Waals surface area (Å²) in [7, 11) is 0. The van der Waals surface area contributed by atoms with Gasteiger partial charge in [0.1, 0.15) is 5.65 Å². The number of nitrogens with zero attached hydrogens (tertiary/aromatic N) is 2. The Balaban J connectivity index is 1.93. The molecule has 2 heteroatoms. The Morgan fingerprint density at radius 2 is 1.23 bits per heavy atom. The number of rotatable bonds is 2. The molecule has 0 saturated carbocycles. The maximum Gasteiger partial charge on any atom is 0.147 e. The molecule has 6 aromatic rings. The molecule has 2 heterocycles. The third-order valence-corrected chi connectivity index (χ3v) is 5.82. The zero-order valence-corrected chi connectivity index (χ0v) is 16.7. The number of aromatic nitrogens is 2. The highest BCUT2D eigenvalue weighted by Crippen LogP contribution is 2.42. The molecule has 0 aliphatic carbocycles. The number of aryl methyl sites for hydroxylation is 1. The van der Waals surface area contributed by atoms with Crippen molar-refractivity contribution >= 4 is 27.6 Å². The average Bonchev–Trinajstić information content (AvgIpc) is 3.19. The fraction of sp³-hybridized carbons (Fsp3) is 0.0357. The number of benzene rings is 4. The van der Waals surface area contributed by atoms with Gasteiger partial charge in [-0.2, -0.15) is 0 Å². The van der Waals surface area contributed by atoms with Gasteiger partial charge in [-0.15, -0.1) is 0 Å². The summed E-state index contributed by atoms with van der Waals surface area (Å²) in [6.07, 6.45) is 0. The van der Waals surface area contributed by atoms with Crippen LogP contribution >= 0.6 is 0 Å². The van der Waals surface area contributed by atoms with Gasteiger partial charge in [0.25, 0.3) is 0 Å². The molecule has 0 saturated heterocycles. The van der Waals surface area contributed by atoms with Crippen LogP contribution in [0.3, 0.4) is 0 Å². The molecule has 4 aromatic carbocycles. The van der Waals surface area contributed by atoms with Crippen molar-refractivity contribution < 1.29 is 0 Å². The van der Waals surface area contributed by atoms with Crippen molar-refractivity contribution in [3.05, 3.63) is 109 Å². The van der Waals surface area contributed by atoms with Crippen LogP contribution in [0.1, 0.15) is 5.56 Å². The van der Waals surface area contributed by atoms with Crippen molar-refractivity contribution in [2.75, 3.05) is 0 Å². The third kappa shape index (κ3) is 2.47. The lowest BCUT2D eigenvalue weighted by Crippen LogP contribution is -1.97. The van der Waals surface area contributed by atoms with Gasteiger partial charge in [0.15, 0.2) is 0 Å². The third-order valence-electron chi connectivity index (χ3n) is 5.82. The Morgan fingerprint density at radius 3 is 1.97 bits per heavy atom. The fourth-order valence-corrected chi connectivity index (χ4v) is 4.51. The van der Waals surface area contributed by atoms with E-state index in [0.717, 1.165) is 16.7 Å². The van der Waals surface area contributed by atoms with Crippen LogP contribution in [0.4, 0.5) is 0 Å². The summed E-state index contributed by atoms with van der Waals surface area (Å²) in [5.41, 5.74) is 10.4. The van der Waals surface area contributed by atoms with E-state index in [4.69, 9.17) is 4.98 Å². The van der Waals surface area contributed by atoms with Gasteiger partial charge in [0.05, 0.1) is 16.6 Å². The number of fused-ring (bicyclic) bond motifs is 5. The smallest absolute Gasteiger partial charge is 0.147 e. The van der Waals surface area contributed by atoms with Gasteiger partial charge in [-0.05, 0) is 41.8 Å². The second-order valence-corrected chi connectivity index (χ2v) is 7.76. The second-order valence-electron chi connectivity index (χ2n) is 7.76. The number of pyridine rings is 1. The van der Waals surface area contributed by atoms with Crippen molar-refractivity contribution in [2.24, 2.45) is 0 Å². The van der Waals surface area contributed by atoms with Gasteiger partial charge in [-0.25, -0.2) is 4.98 Å². The highest BCUT2D eigenvalue weighted by molar-refractivity contribution is 6.10. The fourth-order valence-electron chi connectivity index (χ4n) is 4.51. The highest BCUT2D eigenvalue weighted by Gasteiger charge is 2.20. The summed E-state index contributed by atoms with van der Waals surface area (Å²) < 4.78 is 2.33. The van der Waals surface area contributed by atoms with Crippen LogP contribution in [-0.4, -0.2) is 9.38 Å². The Hall–Kier alpha value is -3.91. The van der Waals surface area contributed by atoms with E-state index in [1.54, 1.807) is 0 Å². The maximum atomic E-state index is 5.12. The number of hydrogen-bond donors (Lipinski definition) is 0. The summed E-state index contributed by atoms with van der Waals surface area (Å²) in [6.45, 7) is 2.15. The van der Waals surface area contributed by atoms with E-state index < -0.39 is 0 Å².